The van der Waals surface area contributed by atoms with Gasteiger partial charge in [0.2, 0.25) is 0 Å². The molecule has 0 aliphatic carbocycles. The second-order valence-corrected chi connectivity index (χ2v) is 6.02. The summed E-state index contributed by atoms with van der Waals surface area (Å²) < 4.78 is 4.90. The number of carbonyl (C=O) groups excluding carboxylic acids is 1. The molecule has 1 unspecified atom stereocenters. The smallest absolute Gasteiger partial charge is 0.307 e. The molecule has 2 nitrogen and oxygen atoms in total. The Labute approximate surface area is 141 Å². The Morgan fingerprint density at radius 1 is 1.18 bits per heavy atom. The highest BCUT2D eigenvalue weighted by Gasteiger charge is 2.13. The van der Waals surface area contributed by atoms with Crippen molar-refractivity contribution in [2.24, 2.45) is 0 Å². The molecule has 0 radical (unpaired) electrons. The van der Waals surface area contributed by atoms with E-state index in [2.05, 4.69) is 0 Å². The van der Waals surface area contributed by atoms with E-state index in [0.717, 1.165) is 16.7 Å². The Kier molecular flexibility index (Phi) is 6.29. The van der Waals surface area contributed by atoms with Gasteiger partial charge in [-0.1, -0.05) is 54.1 Å². The first-order valence-electron chi connectivity index (χ1n) is 7.23. The zero-order valence-electron chi connectivity index (χ0n) is 12.4. The Morgan fingerprint density at radius 3 is 2.55 bits per heavy atom. The highest BCUT2D eigenvalue weighted by atomic mass is 35.5. The number of rotatable bonds is 6. The summed E-state index contributed by atoms with van der Waals surface area (Å²) in [5.74, 6) is -0.269. The zero-order chi connectivity index (χ0) is 15.9. The molecule has 0 saturated heterocycles. The summed E-state index contributed by atoms with van der Waals surface area (Å²) in [7, 11) is 0. The molecule has 0 spiro atoms. The third kappa shape index (κ3) is 4.75. The van der Waals surface area contributed by atoms with E-state index in [1.54, 1.807) is 6.92 Å². The van der Waals surface area contributed by atoms with Crippen LogP contribution in [0.15, 0.2) is 48.5 Å². The highest BCUT2D eigenvalue weighted by Crippen LogP contribution is 2.29. The third-order valence-electron chi connectivity index (χ3n) is 3.27. The largest absolute Gasteiger partial charge is 0.466 e. The predicted octanol–water partition coefficient (Wildman–Crippen LogP) is 5.11. The van der Waals surface area contributed by atoms with Gasteiger partial charge >= 0.3 is 5.97 Å². The highest BCUT2D eigenvalue weighted by molar-refractivity contribution is 6.33. The van der Waals surface area contributed by atoms with Gasteiger partial charge in [-0.25, -0.2) is 0 Å². The van der Waals surface area contributed by atoms with Crippen LogP contribution in [0.1, 0.15) is 18.9 Å². The number of carbonyl (C=O) groups is 1. The van der Waals surface area contributed by atoms with Gasteiger partial charge in [-0.3, -0.25) is 4.79 Å². The number of hydrogen-bond acceptors (Lipinski definition) is 2. The summed E-state index contributed by atoms with van der Waals surface area (Å²) in [4.78, 5) is 11.4. The van der Waals surface area contributed by atoms with Gasteiger partial charge in [0, 0.05) is 16.0 Å². The van der Waals surface area contributed by atoms with Crippen molar-refractivity contribution in [2.45, 2.75) is 25.1 Å². The van der Waals surface area contributed by atoms with E-state index in [1.165, 1.54) is 0 Å². The summed E-state index contributed by atoms with van der Waals surface area (Å²) >= 11 is 12.6. The normalized spacial score (nSPS) is 12.0. The maximum absolute atomic E-state index is 11.4. The number of alkyl halides is 1. The van der Waals surface area contributed by atoms with Crippen LogP contribution in [0.25, 0.3) is 11.1 Å². The number of benzene rings is 2. The van der Waals surface area contributed by atoms with E-state index in [0.29, 0.717) is 18.1 Å². The predicted molar refractivity (Wildman–Crippen MR) is 91.5 cm³/mol. The molecule has 0 aromatic heterocycles. The molecule has 2 aromatic rings. The standard InChI is InChI=1S/C18H18Cl2O2/c1-2-22-18(21)12-15(19)10-13-8-9-16(17(20)11-13)14-6-4-3-5-7-14/h3-9,11,15H,2,10,12H2,1H3. The van der Waals surface area contributed by atoms with Crippen LogP contribution in [0.5, 0.6) is 0 Å². The first kappa shape index (κ1) is 16.9. The molecule has 0 bridgehead atoms. The van der Waals surface area contributed by atoms with Gasteiger partial charge < -0.3 is 4.74 Å². The van der Waals surface area contributed by atoms with E-state index >= 15 is 0 Å². The monoisotopic (exact) mass is 336 g/mol. The fourth-order valence-corrected chi connectivity index (χ4v) is 2.88. The number of ether oxygens (including phenoxy) is 1. The Hall–Kier alpha value is -1.51. The summed E-state index contributed by atoms with van der Waals surface area (Å²) in [5.41, 5.74) is 3.07. The molecule has 2 aromatic carbocycles. The molecule has 0 aliphatic rings. The first-order chi connectivity index (χ1) is 10.6. The van der Waals surface area contributed by atoms with Gasteiger partial charge in [-0.2, -0.15) is 0 Å². The molecule has 0 N–H and O–H groups in total. The van der Waals surface area contributed by atoms with Gasteiger partial charge in [-0.15, -0.1) is 11.6 Å². The topological polar surface area (TPSA) is 26.3 Å². The van der Waals surface area contributed by atoms with E-state index in [-0.39, 0.29) is 17.8 Å². The van der Waals surface area contributed by atoms with Crippen molar-refractivity contribution >= 4 is 29.2 Å². The minimum atomic E-state index is -0.294. The average molecular weight is 337 g/mol. The van der Waals surface area contributed by atoms with Crippen molar-refractivity contribution in [3.8, 4) is 11.1 Å². The molecule has 22 heavy (non-hydrogen) atoms. The lowest BCUT2D eigenvalue weighted by Gasteiger charge is -2.11. The molecule has 0 saturated carbocycles. The molecule has 4 heteroatoms. The summed E-state index contributed by atoms with van der Waals surface area (Å²) in [6, 6.07) is 15.9. The number of hydrogen-bond donors (Lipinski definition) is 0. The molecule has 0 amide bonds. The van der Waals surface area contributed by atoms with E-state index < -0.39 is 0 Å². The Bertz CT molecular complexity index is 626. The molecule has 2 rings (SSSR count). The lowest BCUT2D eigenvalue weighted by atomic mass is 10.0. The van der Waals surface area contributed by atoms with Gasteiger partial charge in [0.25, 0.3) is 0 Å². The lowest BCUT2D eigenvalue weighted by molar-refractivity contribution is -0.143. The maximum Gasteiger partial charge on any atom is 0.307 e. The van der Waals surface area contributed by atoms with Crippen molar-refractivity contribution in [1.29, 1.82) is 0 Å². The van der Waals surface area contributed by atoms with Crippen molar-refractivity contribution < 1.29 is 9.53 Å². The second kappa shape index (κ2) is 8.21. The Balaban J connectivity index is 2.05. The van der Waals surface area contributed by atoms with Crippen LogP contribution < -0.4 is 0 Å². The third-order valence-corrected chi connectivity index (χ3v) is 3.89. The second-order valence-electron chi connectivity index (χ2n) is 4.99. The molecule has 0 fully saturated rings. The SMILES string of the molecule is CCOC(=O)CC(Cl)Cc1ccc(-c2ccccc2)c(Cl)c1. The molecule has 116 valence electrons. The van der Waals surface area contributed by atoms with E-state index in [4.69, 9.17) is 27.9 Å². The number of halogens is 2. The molecule has 0 aliphatic heterocycles. The van der Waals surface area contributed by atoms with Crippen molar-refractivity contribution in [3.63, 3.8) is 0 Å². The zero-order valence-corrected chi connectivity index (χ0v) is 13.9. The molecule has 0 heterocycles. The van der Waals surface area contributed by atoms with Crippen LogP contribution in [-0.2, 0) is 16.0 Å². The number of esters is 1. The van der Waals surface area contributed by atoms with Crippen LogP contribution in [0.3, 0.4) is 0 Å². The van der Waals surface area contributed by atoms with Crippen molar-refractivity contribution in [2.75, 3.05) is 6.61 Å². The fourth-order valence-electron chi connectivity index (χ4n) is 2.27. The Morgan fingerprint density at radius 2 is 1.91 bits per heavy atom. The van der Waals surface area contributed by atoms with Crippen LogP contribution in [0.4, 0.5) is 0 Å². The van der Waals surface area contributed by atoms with Crippen LogP contribution in [-0.4, -0.2) is 18.0 Å². The lowest BCUT2D eigenvalue weighted by Crippen LogP contribution is -2.13. The maximum atomic E-state index is 11.4. The van der Waals surface area contributed by atoms with E-state index in [1.807, 2.05) is 48.5 Å². The van der Waals surface area contributed by atoms with Gasteiger partial charge in [-0.05, 0) is 30.5 Å². The van der Waals surface area contributed by atoms with Gasteiger partial charge in [0.15, 0.2) is 0 Å². The van der Waals surface area contributed by atoms with Gasteiger partial charge in [0.05, 0.1) is 13.0 Å². The minimum Gasteiger partial charge on any atom is -0.466 e. The molecule has 1 atom stereocenters. The summed E-state index contributed by atoms with van der Waals surface area (Å²) in [6.45, 7) is 2.16. The van der Waals surface area contributed by atoms with E-state index in [9.17, 15) is 4.79 Å². The molecular formula is C18H18Cl2O2. The van der Waals surface area contributed by atoms with Crippen LogP contribution in [0, 0.1) is 0 Å². The van der Waals surface area contributed by atoms with Crippen molar-refractivity contribution in [1.82, 2.24) is 0 Å². The van der Waals surface area contributed by atoms with Gasteiger partial charge in [0.1, 0.15) is 0 Å². The minimum absolute atomic E-state index is 0.202. The van der Waals surface area contributed by atoms with Crippen LogP contribution >= 0.6 is 23.2 Å². The first-order valence-corrected chi connectivity index (χ1v) is 8.05. The average Bonchev–Trinajstić information content (AvgIpc) is 2.48. The summed E-state index contributed by atoms with van der Waals surface area (Å²) in [5, 5.41) is 0.390. The van der Waals surface area contributed by atoms with Crippen LogP contribution in [0.2, 0.25) is 5.02 Å². The molecular weight excluding hydrogens is 319 g/mol. The van der Waals surface area contributed by atoms with Crippen molar-refractivity contribution in [3.05, 3.63) is 59.1 Å². The quantitative estimate of drug-likeness (QED) is 0.541. The summed E-state index contributed by atoms with van der Waals surface area (Å²) in [6.07, 6.45) is 0.780. The fraction of sp³-hybridized carbons (Fsp3) is 0.278.